The zero-order valence-electron chi connectivity index (χ0n) is 9.92. The molecular weight excluding hydrogens is 188 g/mol. The Morgan fingerprint density at radius 2 is 1.87 bits per heavy atom. The first-order chi connectivity index (χ1) is 7.20. The molecule has 86 valence electrons. The Morgan fingerprint density at radius 1 is 1.27 bits per heavy atom. The molecule has 0 aliphatic heterocycles. The standard InChI is InChI=1S/C13H22O2/c1-4-6-7-8-9-10-11-13(14)15-12(3)5-2/h2,12H,4,6-11H2,1,3H3. The Bertz CT molecular complexity index is 203. The molecular formula is C13H22O2. The van der Waals surface area contributed by atoms with Gasteiger partial charge in [0, 0.05) is 6.42 Å². The SMILES string of the molecule is C#CC(C)OC(=O)CCCCCCCC. The highest BCUT2D eigenvalue weighted by Crippen LogP contribution is 2.07. The Balaban J connectivity index is 3.28. The normalized spacial score (nSPS) is 11.8. The molecule has 0 aliphatic rings. The van der Waals surface area contributed by atoms with E-state index in [1.54, 1.807) is 6.92 Å². The van der Waals surface area contributed by atoms with E-state index >= 15 is 0 Å². The van der Waals surface area contributed by atoms with E-state index in [9.17, 15) is 4.79 Å². The Kier molecular flexibility index (Phi) is 8.96. The third-order valence-corrected chi connectivity index (χ3v) is 2.28. The number of unbranched alkanes of at least 4 members (excludes halogenated alkanes) is 5. The van der Waals surface area contributed by atoms with E-state index in [1.165, 1.54) is 25.7 Å². The molecule has 0 aromatic carbocycles. The van der Waals surface area contributed by atoms with Crippen LogP contribution in [0.15, 0.2) is 0 Å². The summed E-state index contributed by atoms with van der Waals surface area (Å²) in [5.41, 5.74) is 0. The topological polar surface area (TPSA) is 26.3 Å². The maximum atomic E-state index is 11.2. The van der Waals surface area contributed by atoms with Gasteiger partial charge in [0.15, 0.2) is 6.10 Å². The number of hydrogen-bond donors (Lipinski definition) is 0. The van der Waals surface area contributed by atoms with Gasteiger partial charge in [-0.05, 0) is 13.3 Å². The van der Waals surface area contributed by atoms with Crippen molar-refractivity contribution < 1.29 is 9.53 Å². The lowest BCUT2D eigenvalue weighted by molar-refractivity contribution is -0.145. The lowest BCUT2D eigenvalue weighted by Crippen LogP contribution is -2.12. The molecule has 0 radical (unpaired) electrons. The lowest BCUT2D eigenvalue weighted by Gasteiger charge is -2.06. The van der Waals surface area contributed by atoms with Crippen molar-refractivity contribution in [2.45, 2.75) is 64.9 Å². The Hall–Kier alpha value is -0.970. The zero-order chi connectivity index (χ0) is 11.5. The molecule has 15 heavy (non-hydrogen) atoms. The second-order valence-electron chi connectivity index (χ2n) is 3.82. The fourth-order valence-corrected chi connectivity index (χ4v) is 1.34. The molecule has 1 unspecified atom stereocenters. The zero-order valence-corrected chi connectivity index (χ0v) is 9.92. The highest BCUT2D eigenvalue weighted by atomic mass is 16.5. The molecule has 0 heterocycles. The van der Waals surface area contributed by atoms with Crippen molar-refractivity contribution in [3.63, 3.8) is 0 Å². The molecule has 0 fully saturated rings. The Morgan fingerprint density at radius 3 is 2.47 bits per heavy atom. The molecule has 0 aromatic rings. The number of esters is 1. The minimum Gasteiger partial charge on any atom is -0.449 e. The quantitative estimate of drug-likeness (QED) is 0.349. The number of carbonyl (C=O) groups is 1. The monoisotopic (exact) mass is 210 g/mol. The van der Waals surface area contributed by atoms with E-state index < -0.39 is 6.10 Å². The molecule has 0 N–H and O–H groups in total. The van der Waals surface area contributed by atoms with Gasteiger partial charge in [-0.1, -0.05) is 44.9 Å². The van der Waals surface area contributed by atoms with E-state index in [1.807, 2.05) is 0 Å². The molecule has 2 nitrogen and oxygen atoms in total. The van der Waals surface area contributed by atoms with Gasteiger partial charge >= 0.3 is 5.97 Å². The molecule has 0 amide bonds. The molecule has 0 aliphatic carbocycles. The van der Waals surface area contributed by atoms with Gasteiger partial charge in [-0.2, -0.15) is 0 Å². The smallest absolute Gasteiger partial charge is 0.307 e. The summed E-state index contributed by atoms with van der Waals surface area (Å²) < 4.78 is 4.95. The third-order valence-electron chi connectivity index (χ3n) is 2.28. The fraction of sp³-hybridized carbons (Fsp3) is 0.769. The maximum absolute atomic E-state index is 11.2. The van der Waals surface area contributed by atoms with Crippen LogP contribution in [0, 0.1) is 12.3 Å². The second-order valence-corrected chi connectivity index (χ2v) is 3.82. The van der Waals surface area contributed by atoms with Crippen LogP contribution in [0.5, 0.6) is 0 Å². The number of rotatable bonds is 8. The number of terminal acetylenes is 1. The lowest BCUT2D eigenvalue weighted by atomic mass is 10.1. The first-order valence-corrected chi connectivity index (χ1v) is 5.86. The van der Waals surface area contributed by atoms with Crippen LogP contribution in [-0.2, 0) is 9.53 Å². The second kappa shape index (κ2) is 9.58. The van der Waals surface area contributed by atoms with Crippen molar-refractivity contribution >= 4 is 5.97 Å². The van der Waals surface area contributed by atoms with Crippen LogP contribution in [0.3, 0.4) is 0 Å². The summed E-state index contributed by atoms with van der Waals surface area (Å²) in [6.07, 6.45) is 12.3. The number of hydrogen-bond acceptors (Lipinski definition) is 2. The van der Waals surface area contributed by atoms with Crippen LogP contribution in [0.4, 0.5) is 0 Å². The molecule has 0 bridgehead atoms. The predicted molar refractivity (Wildman–Crippen MR) is 62.4 cm³/mol. The largest absolute Gasteiger partial charge is 0.449 e. The van der Waals surface area contributed by atoms with Crippen LogP contribution in [-0.4, -0.2) is 12.1 Å². The van der Waals surface area contributed by atoms with Gasteiger partial charge in [0.05, 0.1) is 0 Å². The first-order valence-electron chi connectivity index (χ1n) is 5.86. The molecule has 0 rings (SSSR count). The van der Waals surface area contributed by atoms with Crippen molar-refractivity contribution in [1.29, 1.82) is 0 Å². The molecule has 0 spiro atoms. The summed E-state index contributed by atoms with van der Waals surface area (Å²) in [6, 6.07) is 0. The van der Waals surface area contributed by atoms with Crippen molar-refractivity contribution in [2.24, 2.45) is 0 Å². The minimum atomic E-state index is -0.391. The van der Waals surface area contributed by atoms with Gasteiger partial charge in [-0.25, -0.2) is 0 Å². The van der Waals surface area contributed by atoms with Crippen molar-refractivity contribution in [3.05, 3.63) is 0 Å². The van der Waals surface area contributed by atoms with Crippen LogP contribution in [0.25, 0.3) is 0 Å². The number of ether oxygens (including phenoxy) is 1. The van der Waals surface area contributed by atoms with Crippen molar-refractivity contribution in [1.82, 2.24) is 0 Å². The van der Waals surface area contributed by atoms with Gasteiger partial charge in [-0.15, -0.1) is 6.42 Å². The average molecular weight is 210 g/mol. The van der Waals surface area contributed by atoms with E-state index in [4.69, 9.17) is 11.2 Å². The highest BCUT2D eigenvalue weighted by molar-refractivity contribution is 5.69. The molecule has 0 saturated heterocycles. The van der Waals surface area contributed by atoms with Crippen LogP contribution in [0.2, 0.25) is 0 Å². The van der Waals surface area contributed by atoms with Gasteiger partial charge in [0.25, 0.3) is 0 Å². The molecule has 0 saturated carbocycles. The van der Waals surface area contributed by atoms with Gasteiger partial charge in [0.1, 0.15) is 0 Å². The summed E-state index contributed by atoms with van der Waals surface area (Å²) in [5, 5.41) is 0. The summed E-state index contributed by atoms with van der Waals surface area (Å²) in [5.74, 6) is 2.20. The molecule has 2 heteroatoms. The minimum absolute atomic E-state index is 0.170. The average Bonchev–Trinajstić information content (AvgIpc) is 2.23. The molecule has 1 atom stereocenters. The summed E-state index contributed by atoms with van der Waals surface area (Å²) in [7, 11) is 0. The number of carbonyl (C=O) groups excluding carboxylic acids is 1. The third kappa shape index (κ3) is 9.34. The summed E-state index contributed by atoms with van der Waals surface area (Å²) in [6.45, 7) is 3.90. The van der Waals surface area contributed by atoms with E-state index in [0.717, 1.165) is 12.8 Å². The van der Waals surface area contributed by atoms with Gasteiger partial charge in [0.2, 0.25) is 0 Å². The van der Waals surface area contributed by atoms with Crippen LogP contribution < -0.4 is 0 Å². The van der Waals surface area contributed by atoms with Crippen LogP contribution in [0.1, 0.15) is 58.8 Å². The van der Waals surface area contributed by atoms with Gasteiger partial charge in [-0.3, -0.25) is 4.79 Å². The highest BCUT2D eigenvalue weighted by Gasteiger charge is 2.05. The maximum Gasteiger partial charge on any atom is 0.307 e. The van der Waals surface area contributed by atoms with Crippen molar-refractivity contribution in [3.8, 4) is 12.3 Å². The van der Waals surface area contributed by atoms with Gasteiger partial charge < -0.3 is 4.74 Å². The summed E-state index contributed by atoms with van der Waals surface area (Å²) in [4.78, 5) is 11.2. The van der Waals surface area contributed by atoms with Crippen LogP contribution >= 0.6 is 0 Å². The van der Waals surface area contributed by atoms with E-state index in [0.29, 0.717) is 6.42 Å². The molecule has 0 aromatic heterocycles. The fourth-order valence-electron chi connectivity index (χ4n) is 1.34. The van der Waals surface area contributed by atoms with Crippen molar-refractivity contribution in [2.75, 3.05) is 0 Å². The van der Waals surface area contributed by atoms with E-state index in [2.05, 4.69) is 12.8 Å². The Labute approximate surface area is 93.4 Å². The summed E-state index contributed by atoms with van der Waals surface area (Å²) >= 11 is 0. The predicted octanol–water partition coefficient (Wildman–Crippen LogP) is 3.30. The van der Waals surface area contributed by atoms with E-state index in [-0.39, 0.29) is 5.97 Å². The first kappa shape index (κ1) is 14.0.